The molecular formula is C21H19NO4. The lowest BCUT2D eigenvalue weighted by Gasteiger charge is -2.11. The third-order valence-electron chi connectivity index (χ3n) is 4.08. The number of Topliss-reactive ketones (excluding diaryl/α,β-unsaturated/α-hetero) is 1. The fourth-order valence-corrected chi connectivity index (χ4v) is 2.82. The monoisotopic (exact) mass is 349 g/mol. The maximum atomic E-state index is 12.7. The summed E-state index contributed by atoms with van der Waals surface area (Å²) in [5.74, 6) is 0.675. The standard InChI is InChI=1S/C21H19NO4/c1-25-15-8-9-17-18(12-15)16(10-11-20(17)26-2)19(23)13-21(24)22-14-6-4-3-5-7-14/h3-12H,13H2,1-2H3,(H,22,24). The van der Waals surface area contributed by atoms with Gasteiger partial charge in [0, 0.05) is 16.6 Å². The third kappa shape index (κ3) is 3.67. The van der Waals surface area contributed by atoms with Crippen molar-refractivity contribution in [1.82, 2.24) is 0 Å². The molecule has 0 fully saturated rings. The minimum absolute atomic E-state index is 0.243. The van der Waals surface area contributed by atoms with Crippen LogP contribution in [0.25, 0.3) is 10.8 Å². The van der Waals surface area contributed by atoms with Gasteiger partial charge in [-0.1, -0.05) is 18.2 Å². The van der Waals surface area contributed by atoms with E-state index in [0.717, 1.165) is 5.39 Å². The van der Waals surface area contributed by atoms with Gasteiger partial charge in [0.15, 0.2) is 5.78 Å². The molecule has 0 aliphatic heterocycles. The second-order valence-electron chi connectivity index (χ2n) is 5.74. The summed E-state index contributed by atoms with van der Waals surface area (Å²) in [6.45, 7) is 0. The first kappa shape index (κ1) is 17.5. The maximum Gasteiger partial charge on any atom is 0.232 e. The van der Waals surface area contributed by atoms with E-state index >= 15 is 0 Å². The SMILES string of the molecule is COc1ccc2c(OC)ccc(C(=O)CC(=O)Nc3ccccc3)c2c1. The van der Waals surface area contributed by atoms with E-state index < -0.39 is 0 Å². The van der Waals surface area contributed by atoms with Crippen LogP contribution < -0.4 is 14.8 Å². The Morgan fingerprint density at radius 2 is 1.65 bits per heavy atom. The van der Waals surface area contributed by atoms with Crippen molar-refractivity contribution in [3.8, 4) is 11.5 Å². The summed E-state index contributed by atoms with van der Waals surface area (Å²) in [4.78, 5) is 24.9. The number of para-hydroxylation sites is 1. The molecule has 5 nitrogen and oxygen atoms in total. The number of hydrogen-bond acceptors (Lipinski definition) is 4. The quantitative estimate of drug-likeness (QED) is 0.538. The van der Waals surface area contributed by atoms with E-state index in [2.05, 4.69) is 5.32 Å². The van der Waals surface area contributed by atoms with Gasteiger partial charge < -0.3 is 14.8 Å². The zero-order valence-corrected chi connectivity index (χ0v) is 14.6. The fourth-order valence-electron chi connectivity index (χ4n) is 2.82. The lowest BCUT2D eigenvalue weighted by Crippen LogP contribution is -2.16. The average Bonchev–Trinajstić information content (AvgIpc) is 2.67. The van der Waals surface area contributed by atoms with Crippen molar-refractivity contribution >= 4 is 28.2 Å². The number of methoxy groups -OCH3 is 2. The Labute approximate surface area is 151 Å². The summed E-state index contributed by atoms with van der Waals surface area (Å²) in [7, 11) is 3.14. The Balaban J connectivity index is 1.89. The summed E-state index contributed by atoms with van der Waals surface area (Å²) in [6, 6.07) is 17.9. The second kappa shape index (κ2) is 7.70. The lowest BCUT2D eigenvalue weighted by molar-refractivity contribution is -0.115. The summed E-state index contributed by atoms with van der Waals surface area (Å²) < 4.78 is 10.6. The maximum absolute atomic E-state index is 12.7. The van der Waals surface area contributed by atoms with Crippen LogP contribution in [0.4, 0.5) is 5.69 Å². The summed E-state index contributed by atoms with van der Waals surface area (Å²) >= 11 is 0. The van der Waals surface area contributed by atoms with Gasteiger partial charge in [0.05, 0.1) is 20.6 Å². The largest absolute Gasteiger partial charge is 0.497 e. The predicted molar refractivity (Wildman–Crippen MR) is 101 cm³/mol. The highest BCUT2D eigenvalue weighted by atomic mass is 16.5. The second-order valence-corrected chi connectivity index (χ2v) is 5.74. The molecule has 0 saturated carbocycles. The van der Waals surface area contributed by atoms with E-state index in [1.807, 2.05) is 24.3 Å². The molecule has 132 valence electrons. The van der Waals surface area contributed by atoms with Gasteiger partial charge in [-0.25, -0.2) is 0 Å². The number of amides is 1. The van der Waals surface area contributed by atoms with Crippen LogP contribution in [0, 0.1) is 0 Å². The molecule has 0 saturated heterocycles. The average molecular weight is 349 g/mol. The van der Waals surface area contributed by atoms with E-state index in [9.17, 15) is 9.59 Å². The molecule has 0 radical (unpaired) electrons. The van der Waals surface area contributed by atoms with E-state index in [4.69, 9.17) is 9.47 Å². The third-order valence-corrected chi connectivity index (χ3v) is 4.08. The minimum atomic E-state index is -0.354. The molecule has 1 amide bonds. The van der Waals surface area contributed by atoms with Crippen molar-refractivity contribution in [3.05, 3.63) is 66.2 Å². The predicted octanol–water partition coefficient (Wildman–Crippen LogP) is 4.07. The van der Waals surface area contributed by atoms with Crippen LogP contribution in [0.3, 0.4) is 0 Å². The van der Waals surface area contributed by atoms with Crippen molar-refractivity contribution in [2.75, 3.05) is 19.5 Å². The number of rotatable bonds is 6. The number of ether oxygens (including phenoxy) is 2. The number of carbonyl (C=O) groups excluding carboxylic acids is 2. The zero-order chi connectivity index (χ0) is 18.5. The smallest absolute Gasteiger partial charge is 0.232 e. The Hall–Kier alpha value is -3.34. The van der Waals surface area contributed by atoms with E-state index in [-0.39, 0.29) is 18.1 Å². The van der Waals surface area contributed by atoms with Gasteiger partial charge in [-0.2, -0.15) is 0 Å². The molecular weight excluding hydrogens is 330 g/mol. The van der Waals surface area contributed by atoms with Gasteiger partial charge >= 0.3 is 0 Å². The molecule has 3 aromatic carbocycles. The number of benzene rings is 3. The number of fused-ring (bicyclic) bond motifs is 1. The van der Waals surface area contributed by atoms with Crippen LogP contribution in [0.1, 0.15) is 16.8 Å². The first-order valence-electron chi connectivity index (χ1n) is 8.15. The van der Waals surface area contributed by atoms with Crippen LogP contribution in [-0.4, -0.2) is 25.9 Å². The van der Waals surface area contributed by atoms with Crippen LogP contribution in [0.5, 0.6) is 11.5 Å². The highest BCUT2D eigenvalue weighted by Gasteiger charge is 2.17. The van der Waals surface area contributed by atoms with Crippen LogP contribution in [0.15, 0.2) is 60.7 Å². The Bertz CT molecular complexity index is 951. The Morgan fingerprint density at radius 3 is 2.35 bits per heavy atom. The molecule has 0 bridgehead atoms. The van der Waals surface area contributed by atoms with Gasteiger partial charge in [-0.3, -0.25) is 9.59 Å². The molecule has 26 heavy (non-hydrogen) atoms. The van der Waals surface area contributed by atoms with Crippen LogP contribution in [-0.2, 0) is 4.79 Å². The molecule has 0 unspecified atom stereocenters. The molecule has 0 aliphatic rings. The van der Waals surface area contributed by atoms with Gasteiger partial charge in [-0.05, 0) is 47.9 Å². The van der Waals surface area contributed by atoms with Crippen molar-refractivity contribution in [2.45, 2.75) is 6.42 Å². The van der Waals surface area contributed by atoms with Gasteiger partial charge in [-0.15, -0.1) is 0 Å². The molecule has 3 rings (SSSR count). The first-order valence-corrected chi connectivity index (χ1v) is 8.15. The molecule has 0 atom stereocenters. The number of ketones is 1. The number of anilines is 1. The number of carbonyl (C=O) groups is 2. The van der Waals surface area contributed by atoms with Crippen LogP contribution in [0.2, 0.25) is 0 Å². The molecule has 5 heteroatoms. The lowest BCUT2D eigenvalue weighted by atomic mass is 9.98. The number of hydrogen-bond donors (Lipinski definition) is 1. The molecule has 0 aliphatic carbocycles. The molecule has 0 spiro atoms. The van der Waals surface area contributed by atoms with Crippen LogP contribution >= 0.6 is 0 Å². The van der Waals surface area contributed by atoms with E-state index in [1.54, 1.807) is 50.6 Å². The fraction of sp³-hybridized carbons (Fsp3) is 0.143. The Morgan fingerprint density at radius 1 is 0.885 bits per heavy atom. The number of nitrogens with one attached hydrogen (secondary N) is 1. The first-order chi connectivity index (χ1) is 12.6. The van der Waals surface area contributed by atoms with E-state index in [0.29, 0.717) is 28.1 Å². The summed E-state index contributed by atoms with van der Waals surface area (Å²) in [6.07, 6.45) is -0.243. The van der Waals surface area contributed by atoms with E-state index in [1.165, 1.54) is 0 Å². The van der Waals surface area contributed by atoms with Gasteiger partial charge in [0.2, 0.25) is 5.91 Å². The van der Waals surface area contributed by atoms with Gasteiger partial charge in [0.1, 0.15) is 11.5 Å². The van der Waals surface area contributed by atoms with Crippen molar-refractivity contribution < 1.29 is 19.1 Å². The van der Waals surface area contributed by atoms with Crippen molar-refractivity contribution in [2.24, 2.45) is 0 Å². The summed E-state index contributed by atoms with van der Waals surface area (Å²) in [5, 5.41) is 4.22. The Kier molecular flexibility index (Phi) is 5.17. The topological polar surface area (TPSA) is 64.6 Å². The van der Waals surface area contributed by atoms with Gasteiger partial charge in [0.25, 0.3) is 0 Å². The molecule has 0 aromatic heterocycles. The highest BCUT2D eigenvalue weighted by Crippen LogP contribution is 2.32. The zero-order valence-electron chi connectivity index (χ0n) is 14.6. The molecule has 3 aromatic rings. The summed E-state index contributed by atoms with van der Waals surface area (Å²) in [5.41, 5.74) is 1.12. The van der Waals surface area contributed by atoms with Crippen molar-refractivity contribution in [1.29, 1.82) is 0 Å². The molecule has 1 N–H and O–H groups in total. The van der Waals surface area contributed by atoms with Crippen molar-refractivity contribution in [3.63, 3.8) is 0 Å². The highest BCUT2D eigenvalue weighted by molar-refractivity contribution is 6.17. The molecule has 0 heterocycles. The normalized spacial score (nSPS) is 10.4. The minimum Gasteiger partial charge on any atom is -0.497 e.